The zero-order chi connectivity index (χ0) is 17.3. The smallest absolute Gasteiger partial charge is 0.191 e. The van der Waals surface area contributed by atoms with Crippen molar-refractivity contribution in [3.63, 3.8) is 0 Å². The van der Waals surface area contributed by atoms with Crippen LogP contribution in [-0.2, 0) is 11.3 Å². The molecule has 1 aromatic rings. The van der Waals surface area contributed by atoms with E-state index >= 15 is 0 Å². The Hall–Kier alpha value is -1.75. The normalized spacial score (nSPS) is 29.5. The van der Waals surface area contributed by atoms with E-state index in [0.29, 0.717) is 30.0 Å². The topological polar surface area (TPSA) is 54.9 Å². The molecular weight excluding hydrogens is 314 g/mol. The Balaban J connectivity index is 1.45. The van der Waals surface area contributed by atoms with E-state index in [1.165, 1.54) is 25.7 Å². The Bertz CT molecular complexity index is 642. The van der Waals surface area contributed by atoms with Crippen molar-refractivity contribution in [2.24, 2.45) is 16.3 Å². The third-order valence-electron chi connectivity index (χ3n) is 6.23. The Morgan fingerprint density at radius 2 is 2.28 bits per heavy atom. The summed E-state index contributed by atoms with van der Waals surface area (Å²) in [4.78, 5) is 4.82. The van der Waals surface area contributed by atoms with Crippen molar-refractivity contribution < 1.29 is 9.47 Å². The number of aliphatic imine (C=N–C) groups is 1. The number of nitrogens with one attached hydrogen (secondary N) is 2. The van der Waals surface area contributed by atoms with E-state index in [-0.39, 0.29) is 0 Å². The quantitative estimate of drug-likeness (QED) is 0.638. The number of methoxy groups -OCH3 is 1. The lowest BCUT2D eigenvalue weighted by atomic mass is 9.46. The number of nitrogens with zero attached hydrogens (tertiary/aromatic N) is 1. The average Bonchev–Trinajstić information content (AvgIpc) is 3.01. The first-order valence-corrected chi connectivity index (χ1v) is 9.56. The monoisotopic (exact) mass is 343 g/mol. The second-order valence-electron chi connectivity index (χ2n) is 7.50. The first-order chi connectivity index (χ1) is 12.3. The van der Waals surface area contributed by atoms with E-state index in [0.717, 1.165) is 30.4 Å². The third kappa shape index (κ3) is 2.88. The van der Waals surface area contributed by atoms with E-state index in [9.17, 15) is 0 Å². The largest absolute Gasteiger partial charge is 0.497 e. The van der Waals surface area contributed by atoms with Gasteiger partial charge >= 0.3 is 0 Å². The molecule has 3 aliphatic rings. The molecule has 4 rings (SSSR count). The number of benzene rings is 1. The highest BCUT2D eigenvalue weighted by atomic mass is 16.5. The van der Waals surface area contributed by atoms with Crippen LogP contribution in [-0.4, -0.2) is 38.4 Å². The van der Waals surface area contributed by atoms with Gasteiger partial charge in [-0.15, -0.1) is 0 Å². The molecule has 1 spiro atoms. The van der Waals surface area contributed by atoms with Gasteiger partial charge in [-0.1, -0.05) is 18.6 Å². The SMILES string of the molecule is CCNC(=NCc1cccc(OC)c1)NC1C2CCOC2C12CCC2. The van der Waals surface area contributed by atoms with Gasteiger partial charge in [0.25, 0.3) is 0 Å². The lowest BCUT2D eigenvalue weighted by Gasteiger charge is -2.63. The van der Waals surface area contributed by atoms with E-state index in [4.69, 9.17) is 14.5 Å². The standard InChI is InChI=1S/C20H29N3O2/c1-3-21-19(22-13-14-6-4-7-15(12-14)24-2)23-17-16-8-11-25-18(16)20(17)9-5-10-20/h4,6-7,12,16-18H,3,5,8-11,13H2,1-2H3,(H2,21,22,23). The fraction of sp³-hybridized carbons (Fsp3) is 0.650. The molecule has 1 saturated heterocycles. The molecule has 25 heavy (non-hydrogen) atoms. The van der Waals surface area contributed by atoms with Crippen LogP contribution in [0.25, 0.3) is 0 Å². The second-order valence-corrected chi connectivity index (χ2v) is 7.50. The summed E-state index contributed by atoms with van der Waals surface area (Å²) in [5.41, 5.74) is 1.53. The summed E-state index contributed by atoms with van der Waals surface area (Å²) in [7, 11) is 1.70. The maximum absolute atomic E-state index is 6.02. The fourth-order valence-electron chi connectivity index (χ4n) is 4.86. The van der Waals surface area contributed by atoms with Crippen molar-refractivity contribution in [1.82, 2.24) is 10.6 Å². The highest BCUT2D eigenvalue weighted by molar-refractivity contribution is 5.80. The average molecular weight is 343 g/mol. The number of guanidine groups is 1. The van der Waals surface area contributed by atoms with E-state index in [1.807, 2.05) is 18.2 Å². The molecule has 1 aromatic carbocycles. The lowest BCUT2D eigenvalue weighted by molar-refractivity contribution is -0.171. The predicted molar refractivity (Wildman–Crippen MR) is 98.9 cm³/mol. The summed E-state index contributed by atoms with van der Waals surface area (Å²) < 4.78 is 11.3. The van der Waals surface area contributed by atoms with Crippen molar-refractivity contribution >= 4 is 5.96 Å². The van der Waals surface area contributed by atoms with Crippen LogP contribution in [0.2, 0.25) is 0 Å². The molecule has 1 heterocycles. The molecule has 5 heteroatoms. The van der Waals surface area contributed by atoms with Gasteiger partial charge in [0.2, 0.25) is 0 Å². The van der Waals surface area contributed by atoms with Gasteiger partial charge in [0.15, 0.2) is 5.96 Å². The Labute approximate surface area is 150 Å². The molecule has 2 saturated carbocycles. The van der Waals surface area contributed by atoms with Crippen molar-refractivity contribution in [3.05, 3.63) is 29.8 Å². The van der Waals surface area contributed by atoms with Gasteiger partial charge < -0.3 is 20.1 Å². The molecule has 2 aliphatic carbocycles. The van der Waals surface area contributed by atoms with E-state index in [1.54, 1.807) is 7.11 Å². The highest BCUT2D eigenvalue weighted by Gasteiger charge is 2.66. The summed E-state index contributed by atoms with van der Waals surface area (Å²) in [5.74, 6) is 2.46. The minimum atomic E-state index is 0.368. The van der Waals surface area contributed by atoms with Crippen LogP contribution in [0, 0.1) is 11.3 Å². The first kappa shape index (κ1) is 16.7. The van der Waals surface area contributed by atoms with Crippen molar-refractivity contribution in [1.29, 1.82) is 0 Å². The zero-order valence-corrected chi connectivity index (χ0v) is 15.3. The van der Waals surface area contributed by atoms with Crippen molar-refractivity contribution in [3.8, 4) is 5.75 Å². The Morgan fingerprint density at radius 3 is 3.00 bits per heavy atom. The molecule has 0 bridgehead atoms. The van der Waals surface area contributed by atoms with Gasteiger partial charge in [0.1, 0.15) is 5.75 Å². The summed E-state index contributed by atoms with van der Waals surface area (Å²) in [6, 6.07) is 8.63. The minimum absolute atomic E-state index is 0.368. The summed E-state index contributed by atoms with van der Waals surface area (Å²) in [6.45, 7) is 4.56. The van der Waals surface area contributed by atoms with Gasteiger partial charge in [-0.05, 0) is 43.9 Å². The molecule has 1 aliphatic heterocycles. The maximum atomic E-state index is 6.02. The second kappa shape index (κ2) is 6.87. The van der Waals surface area contributed by atoms with Gasteiger partial charge in [-0.3, -0.25) is 0 Å². The third-order valence-corrected chi connectivity index (χ3v) is 6.23. The number of rotatable bonds is 5. The molecule has 5 nitrogen and oxygen atoms in total. The lowest BCUT2D eigenvalue weighted by Crippen LogP contribution is -2.72. The Kier molecular flexibility index (Phi) is 4.59. The molecule has 136 valence electrons. The van der Waals surface area contributed by atoms with Crippen LogP contribution in [0.3, 0.4) is 0 Å². The number of ether oxygens (including phenoxy) is 2. The molecule has 3 atom stereocenters. The summed E-state index contributed by atoms with van der Waals surface area (Å²) >= 11 is 0. The van der Waals surface area contributed by atoms with Crippen LogP contribution < -0.4 is 15.4 Å². The number of hydrogen-bond acceptors (Lipinski definition) is 3. The fourth-order valence-corrected chi connectivity index (χ4v) is 4.86. The zero-order valence-electron chi connectivity index (χ0n) is 15.3. The number of hydrogen-bond donors (Lipinski definition) is 2. The molecule has 0 radical (unpaired) electrons. The molecule has 3 unspecified atom stereocenters. The highest BCUT2D eigenvalue weighted by Crippen LogP contribution is 2.62. The minimum Gasteiger partial charge on any atom is -0.497 e. The van der Waals surface area contributed by atoms with Crippen LogP contribution in [0.1, 0.15) is 38.2 Å². The molecule has 3 fully saturated rings. The van der Waals surface area contributed by atoms with E-state index < -0.39 is 0 Å². The molecule has 0 amide bonds. The Morgan fingerprint density at radius 1 is 1.40 bits per heavy atom. The first-order valence-electron chi connectivity index (χ1n) is 9.56. The summed E-state index contributed by atoms with van der Waals surface area (Å²) in [5, 5.41) is 7.16. The maximum Gasteiger partial charge on any atom is 0.191 e. The molecule has 2 N–H and O–H groups in total. The van der Waals surface area contributed by atoms with Crippen LogP contribution >= 0.6 is 0 Å². The summed E-state index contributed by atoms with van der Waals surface area (Å²) in [6.07, 6.45) is 5.59. The van der Waals surface area contributed by atoms with Crippen molar-refractivity contribution in [2.45, 2.75) is 51.3 Å². The predicted octanol–water partition coefficient (Wildman–Crippen LogP) is 2.71. The van der Waals surface area contributed by atoms with Gasteiger partial charge in [-0.2, -0.15) is 0 Å². The van der Waals surface area contributed by atoms with Crippen LogP contribution in [0.5, 0.6) is 5.75 Å². The van der Waals surface area contributed by atoms with Gasteiger partial charge in [-0.25, -0.2) is 4.99 Å². The van der Waals surface area contributed by atoms with Crippen molar-refractivity contribution in [2.75, 3.05) is 20.3 Å². The molecule has 0 aromatic heterocycles. The van der Waals surface area contributed by atoms with Gasteiger partial charge in [0.05, 0.1) is 19.8 Å². The van der Waals surface area contributed by atoms with Gasteiger partial charge in [0, 0.05) is 30.5 Å². The van der Waals surface area contributed by atoms with Crippen LogP contribution in [0.15, 0.2) is 29.3 Å². The van der Waals surface area contributed by atoms with Crippen LogP contribution in [0.4, 0.5) is 0 Å². The van der Waals surface area contributed by atoms with E-state index in [2.05, 4.69) is 23.6 Å². The molecular formula is C20H29N3O2. The number of fused-ring (bicyclic) bond motifs is 2.